The third-order valence-corrected chi connectivity index (χ3v) is 7.32. The predicted molar refractivity (Wildman–Crippen MR) is 144 cm³/mol. The molecule has 1 amide bonds. The number of aromatic nitrogens is 1. The number of fused-ring (bicyclic) bond motifs is 1. The van der Waals surface area contributed by atoms with Gasteiger partial charge in [-0.15, -0.1) is 0 Å². The van der Waals surface area contributed by atoms with E-state index in [0.717, 1.165) is 6.04 Å². The number of halogens is 2. The molecule has 1 N–H and O–H groups in total. The number of hydrogen-bond donors (Lipinski definition) is 1. The van der Waals surface area contributed by atoms with Crippen LogP contribution in [0.1, 0.15) is 23.0 Å². The van der Waals surface area contributed by atoms with E-state index in [1.54, 1.807) is 47.9 Å². The van der Waals surface area contributed by atoms with Crippen LogP contribution in [0.3, 0.4) is 0 Å². The Bertz CT molecular complexity index is 1290. The molecule has 3 rings (SSSR count). The molecule has 0 aliphatic rings. The molecular weight excluding hydrogens is 503 g/mol. The Labute approximate surface area is 216 Å². The van der Waals surface area contributed by atoms with Gasteiger partial charge in [-0.05, 0) is 37.2 Å². The molecule has 1 aromatic heterocycles. The van der Waals surface area contributed by atoms with Crippen LogP contribution in [0.5, 0.6) is 0 Å². The fourth-order valence-electron chi connectivity index (χ4n) is 3.40. The highest BCUT2D eigenvalue weighted by Crippen LogP contribution is 2.35. The number of hydrogen-bond acceptors (Lipinski definition) is 4. The van der Waals surface area contributed by atoms with Crippen LogP contribution in [0.2, 0.25) is 35.7 Å². The normalized spacial score (nSPS) is 11.1. The Morgan fingerprint density at radius 3 is 2.49 bits per heavy atom. The van der Waals surface area contributed by atoms with E-state index >= 15 is 0 Å². The van der Waals surface area contributed by atoms with Crippen molar-refractivity contribution in [2.45, 2.75) is 39.3 Å². The van der Waals surface area contributed by atoms with Gasteiger partial charge in [0.2, 0.25) is 0 Å². The minimum absolute atomic E-state index is 0.0870. The average Bonchev–Trinajstić information content (AvgIpc) is 3.09. The van der Waals surface area contributed by atoms with Gasteiger partial charge in [0.1, 0.15) is 12.4 Å². The van der Waals surface area contributed by atoms with Gasteiger partial charge in [-0.1, -0.05) is 67.0 Å². The fourth-order valence-corrected chi connectivity index (χ4v) is 4.73. The van der Waals surface area contributed by atoms with Gasteiger partial charge >= 0.3 is 11.9 Å². The summed E-state index contributed by atoms with van der Waals surface area (Å²) in [5, 5.41) is 3.93. The summed E-state index contributed by atoms with van der Waals surface area (Å²) in [6, 6.07) is 13.2. The Hall–Kier alpha value is -2.76. The van der Waals surface area contributed by atoms with Crippen LogP contribution in [0.15, 0.2) is 42.5 Å². The number of ether oxygens (including phenoxy) is 2. The molecule has 0 spiro atoms. The zero-order chi connectivity index (χ0) is 25.6. The molecule has 9 heteroatoms. The molecule has 0 radical (unpaired) electrons. The first-order chi connectivity index (χ1) is 16.6. The summed E-state index contributed by atoms with van der Waals surface area (Å²) >= 11 is 12.8. The highest BCUT2D eigenvalue weighted by Gasteiger charge is 2.25. The van der Waals surface area contributed by atoms with E-state index in [9.17, 15) is 9.59 Å². The zero-order valence-electron chi connectivity index (χ0n) is 20.2. The molecule has 6 nitrogen and oxygen atoms in total. The maximum absolute atomic E-state index is 13.0. The van der Waals surface area contributed by atoms with Crippen molar-refractivity contribution >= 4 is 59.7 Å². The highest BCUT2D eigenvalue weighted by atomic mass is 35.5. The lowest BCUT2D eigenvalue weighted by Gasteiger charge is -2.16. The van der Waals surface area contributed by atoms with Crippen molar-refractivity contribution in [1.29, 1.82) is 0 Å². The topological polar surface area (TPSA) is 69.6 Å². The van der Waals surface area contributed by atoms with E-state index in [1.165, 1.54) is 0 Å². The quantitative estimate of drug-likeness (QED) is 0.158. The number of nitrogens with one attached hydrogen (secondary N) is 1. The Kier molecular flexibility index (Phi) is 9.03. The molecule has 0 saturated heterocycles. The number of para-hydroxylation sites is 1. The van der Waals surface area contributed by atoms with Crippen LogP contribution in [-0.2, 0) is 21.0 Å². The van der Waals surface area contributed by atoms with Crippen LogP contribution in [0, 0.1) is 11.8 Å². The van der Waals surface area contributed by atoms with Crippen LogP contribution in [-0.4, -0.2) is 37.7 Å². The first-order valence-corrected chi connectivity index (χ1v) is 15.7. The lowest BCUT2D eigenvalue weighted by atomic mass is 10.1. The molecule has 184 valence electrons. The Balaban J connectivity index is 2.07. The van der Waals surface area contributed by atoms with E-state index in [4.69, 9.17) is 32.7 Å². The second-order valence-electron chi connectivity index (χ2n) is 9.07. The summed E-state index contributed by atoms with van der Waals surface area (Å²) in [7, 11) is -1.30. The summed E-state index contributed by atoms with van der Waals surface area (Å²) in [5.41, 5.74) is 1.64. The van der Waals surface area contributed by atoms with Gasteiger partial charge in [0, 0.05) is 36.7 Å². The maximum Gasteiger partial charge on any atom is 0.356 e. The van der Waals surface area contributed by atoms with Crippen molar-refractivity contribution < 1.29 is 19.1 Å². The van der Waals surface area contributed by atoms with E-state index in [-0.39, 0.29) is 24.6 Å². The molecule has 35 heavy (non-hydrogen) atoms. The first kappa shape index (κ1) is 26.8. The van der Waals surface area contributed by atoms with E-state index in [1.807, 2.05) is 6.07 Å². The van der Waals surface area contributed by atoms with Gasteiger partial charge < -0.3 is 19.4 Å². The number of carbonyl (C=O) groups is 2. The van der Waals surface area contributed by atoms with Crippen LogP contribution >= 0.6 is 23.2 Å². The van der Waals surface area contributed by atoms with Crippen LogP contribution < -0.4 is 5.32 Å². The standard InChI is InChI=1S/C26H28Cl2N2O4Si/c1-5-34-26(32)25-20(11-12-23(31)29-19-9-7-6-8-10-19)24-21(28)15-18(27)16-22(24)30(25)17-33-13-14-35(2,3)4/h6-10,15-16H,5,13-14,17H2,1-4H3,(H,29,31). The molecule has 2 aromatic carbocycles. The molecule has 1 heterocycles. The van der Waals surface area contributed by atoms with Gasteiger partial charge in [0.25, 0.3) is 0 Å². The fraction of sp³-hybridized carbons (Fsp3) is 0.308. The molecule has 0 aliphatic heterocycles. The number of anilines is 1. The first-order valence-electron chi connectivity index (χ1n) is 11.2. The van der Waals surface area contributed by atoms with Crippen molar-refractivity contribution in [3.63, 3.8) is 0 Å². The average molecular weight is 532 g/mol. The van der Waals surface area contributed by atoms with Gasteiger partial charge in [-0.2, -0.15) is 0 Å². The van der Waals surface area contributed by atoms with Gasteiger partial charge in [0.15, 0.2) is 0 Å². The summed E-state index contributed by atoms with van der Waals surface area (Å²) in [5.74, 6) is 4.31. The number of rotatable bonds is 8. The SMILES string of the molecule is CCOC(=O)c1c(C#CC(=O)Nc2ccccc2)c2c(Cl)cc(Cl)cc2n1COCC[Si](C)(C)C. The minimum atomic E-state index is -1.30. The summed E-state index contributed by atoms with van der Waals surface area (Å²) in [6.45, 7) is 9.32. The molecule has 0 bridgehead atoms. The number of benzene rings is 2. The monoisotopic (exact) mass is 530 g/mol. The summed E-state index contributed by atoms with van der Waals surface area (Å²) in [4.78, 5) is 25.5. The highest BCUT2D eigenvalue weighted by molar-refractivity contribution is 6.76. The minimum Gasteiger partial charge on any atom is -0.461 e. The number of esters is 1. The van der Waals surface area contributed by atoms with Crippen molar-refractivity contribution in [2.75, 3.05) is 18.5 Å². The third-order valence-electron chi connectivity index (χ3n) is 5.10. The van der Waals surface area contributed by atoms with E-state index < -0.39 is 20.0 Å². The summed E-state index contributed by atoms with van der Waals surface area (Å²) in [6.07, 6.45) is 0. The Morgan fingerprint density at radius 1 is 1.11 bits per heavy atom. The third kappa shape index (κ3) is 7.12. The van der Waals surface area contributed by atoms with Crippen molar-refractivity contribution in [2.24, 2.45) is 0 Å². The predicted octanol–water partition coefficient (Wildman–Crippen LogP) is 6.43. The maximum atomic E-state index is 13.0. The van der Waals surface area contributed by atoms with Crippen LogP contribution in [0.4, 0.5) is 5.69 Å². The van der Waals surface area contributed by atoms with Gasteiger partial charge in [0.05, 0.1) is 22.7 Å². The molecule has 0 aliphatic carbocycles. The number of amides is 1. The molecule has 0 atom stereocenters. The zero-order valence-corrected chi connectivity index (χ0v) is 22.7. The van der Waals surface area contributed by atoms with E-state index in [2.05, 4.69) is 36.8 Å². The van der Waals surface area contributed by atoms with Crippen molar-refractivity contribution in [3.05, 3.63) is 63.8 Å². The molecule has 3 aromatic rings. The lowest BCUT2D eigenvalue weighted by molar-refractivity contribution is -0.111. The smallest absolute Gasteiger partial charge is 0.356 e. The Morgan fingerprint density at radius 2 is 1.83 bits per heavy atom. The number of carbonyl (C=O) groups excluding carboxylic acids is 2. The molecule has 0 fully saturated rings. The van der Waals surface area contributed by atoms with E-state index in [0.29, 0.717) is 33.2 Å². The molecule has 0 saturated carbocycles. The van der Waals surface area contributed by atoms with Crippen molar-refractivity contribution in [3.8, 4) is 11.8 Å². The van der Waals surface area contributed by atoms with Crippen LogP contribution in [0.25, 0.3) is 10.9 Å². The molecular formula is C26H28Cl2N2O4Si. The molecule has 0 unspecified atom stereocenters. The second kappa shape index (κ2) is 11.8. The summed E-state index contributed by atoms with van der Waals surface area (Å²) < 4.78 is 12.9. The van der Waals surface area contributed by atoms with Crippen molar-refractivity contribution in [1.82, 2.24) is 4.57 Å². The van der Waals surface area contributed by atoms with Gasteiger partial charge in [-0.25, -0.2) is 4.79 Å². The largest absolute Gasteiger partial charge is 0.461 e. The van der Waals surface area contributed by atoms with Gasteiger partial charge in [-0.3, -0.25) is 4.79 Å². The number of nitrogens with zero attached hydrogens (tertiary/aromatic N) is 1. The second-order valence-corrected chi connectivity index (χ2v) is 15.5. The lowest BCUT2D eigenvalue weighted by Crippen LogP contribution is -2.22.